The molecule has 0 aliphatic carbocycles. The molecule has 0 bridgehead atoms. The molecule has 0 saturated heterocycles. The number of carbonyl (C=O) groups excluding carboxylic acids is 2. The van der Waals surface area contributed by atoms with Crippen molar-refractivity contribution in [2.24, 2.45) is 5.92 Å². The van der Waals surface area contributed by atoms with E-state index >= 15 is 0 Å². The molecule has 152 valence electrons. The number of hydrogen-bond acceptors (Lipinski definition) is 5. The third-order valence-corrected chi connectivity index (χ3v) is 4.79. The number of fused-ring (bicyclic) bond motifs is 1. The van der Waals surface area contributed by atoms with Crippen molar-refractivity contribution >= 4 is 22.8 Å². The van der Waals surface area contributed by atoms with E-state index in [1.54, 1.807) is 11.8 Å². The fourth-order valence-electron chi connectivity index (χ4n) is 3.19. The van der Waals surface area contributed by atoms with E-state index in [2.05, 4.69) is 0 Å². The van der Waals surface area contributed by atoms with Crippen molar-refractivity contribution in [1.29, 1.82) is 0 Å². The van der Waals surface area contributed by atoms with E-state index in [1.165, 1.54) is 7.11 Å². The van der Waals surface area contributed by atoms with Gasteiger partial charge >= 0.3 is 5.97 Å². The maximum Gasteiger partial charge on any atom is 0.310 e. The number of ether oxygens (including phenoxy) is 2. The van der Waals surface area contributed by atoms with Crippen molar-refractivity contribution in [3.05, 3.63) is 65.9 Å². The first kappa shape index (κ1) is 20.5. The molecule has 1 heterocycles. The number of methoxy groups -OCH3 is 1. The molecular formula is C23H25NO5. The van der Waals surface area contributed by atoms with E-state index in [0.717, 1.165) is 5.39 Å². The SMILES string of the molecule is CCN(CC(C)C(=O)OC)C(=O)c1oc2ccccc2c1COc1ccccc1. The van der Waals surface area contributed by atoms with Crippen LogP contribution in [-0.4, -0.2) is 37.0 Å². The Bertz CT molecular complexity index is 979. The molecule has 1 unspecified atom stereocenters. The number of carbonyl (C=O) groups is 2. The van der Waals surface area contributed by atoms with Crippen LogP contribution in [0.3, 0.4) is 0 Å². The first-order chi connectivity index (χ1) is 14.0. The summed E-state index contributed by atoms with van der Waals surface area (Å²) in [4.78, 5) is 26.6. The number of rotatable bonds is 8. The largest absolute Gasteiger partial charge is 0.489 e. The second-order valence-electron chi connectivity index (χ2n) is 6.78. The van der Waals surface area contributed by atoms with Gasteiger partial charge in [0.05, 0.1) is 13.0 Å². The Morgan fingerprint density at radius 1 is 1.07 bits per heavy atom. The molecule has 3 aromatic rings. The Hall–Kier alpha value is -3.28. The van der Waals surface area contributed by atoms with Crippen LogP contribution in [0.4, 0.5) is 0 Å². The normalized spacial score (nSPS) is 11.8. The van der Waals surface area contributed by atoms with Crippen LogP contribution in [0.15, 0.2) is 59.0 Å². The van der Waals surface area contributed by atoms with E-state index in [9.17, 15) is 9.59 Å². The molecule has 0 aliphatic rings. The topological polar surface area (TPSA) is 69.0 Å². The van der Waals surface area contributed by atoms with Crippen molar-refractivity contribution in [2.75, 3.05) is 20.2 Å². The lowest BCUT2D eigenvalue weighted by Gasteiger charge is -2.23. The van der Waals surface area contributed by atoms with Gasteiger partial charge in [0, 0.05) is 24.0 Å². The number of esters is 1. The van der Waals surface area contributed by atoms with Gasteiger partial charge in [0.1, 0.15) is 17.9 Å². The molecular weight excluding hydrogens is 370 g/mol. The summed E-state index contributed by atoms with van der Waals surface area (Å²) in [6.07, 6.45) is 0. The van der Waals surface area contributed by atoms with Gasteiger partial charge in [-0.1, -0.05) is 43.3 Å². The number of nitrogens with zero attached hydrogens (tertiary/aromatic N) is 1. The molecule has 0 aliphatic heterocycles. The van der Waals surface area contributed by atoms with E-state index in [1.807, 2.05) is 61.5 Å². The summed E-state index contributed by atoms with van der Waals surface area (Å²) < 4.78 is 16.6. The molecule has 6 heteroatoms. The van der Waals surface area contributed by atoms with Crippen molar-refractivity contribution in [2.45, 2.75) is 20.5 Å². The highest BCUT2D eigenvalue weighted by Crippen LogP contribution is 2.28. The lowest BCUT2D eigenvalue weighted by atomic mass is 10.1. The van der Waals surface area contributed by atoms with Crippen molar-refractivity contribution in [3.8, 4) is 5.75 Å². The fraction of sp³-hybridized carbons (Fsp3) is 0.304. The zero-order valence-electron chi connectivity index (χ0n) is 16.9. The standard InChI is InChI=1S/C23H25NO5/c1-4-24(14-16(2)23(26)27-3)22(25)21-19(15-28-17-10-6-5-7-11-17)18-12-8-9-13-20(18)29-21/h5-13,16H,4,14-15H2,1-3H3. The quantitative estimate of drug-likeness (QED) is 0.533. The number of para-hydroxylation sites is 2. The summed E-state index contributed by atoms with van der Waals surface area (Å²) >= 11 is 0. The van der Waals surface area contributed by atoms with Crippen molar-refractivity contribution in [3.63, 3.8) is 0 Å². The molecule has 1 aromatic heterocycles. The smallest absolute Gasteiger partial charge is 0.310 e. The number of benzene rings is 2. The van der Waals surface area contributed by atoms with Crippen molar-refractivity contribution in [1.82, 2.24) is 4.90 Å². The number of amides is 1. The molecule has 1 amide bonds. The third kappa shape index (κ3) is 4.59. The van der Waals surface area contributed by atoms with Gasteiger partial charge < -0.3 is 18.8 Å². The Morgan fingerprint density at radius 3 is 2.45 bits per heavy atom. The second kappa shape index (κ2) is 9.28. The summed E-state index contributed by atoms with van der Waals surface area (Å²) in [5.41, 5.74) is 1.32. The Kier molecular flexibility index (Phi) is 6.54. The number of furan rings is 1. The minimum absolute atomic E-state index is 0.201. The molecule has 0 fully saturated rings. The van der Waals surface area contributed by atoms with Crippen LogP contribution < -0.4 is 4.74 Å². The van der Waals surface area contributed by atoms with Crippen LogP contribution in [0.2, 0.25) is 0 Å². The molecule has 2 aromatic carbocycles. The van der Waals surface area contributed by atoms with Gasteiger partial charge in [0.15, 0.2) is 5.76 Å². The lowest BCUT2D eigenvalue weighted by molar-refractivity contribution is -0.145. The first-order valence-corrected chi connectivity index (χ1v) is 9.60. The summed E-state index contributed by atoms with van der Waals surface area (Å²) in [5, 5.41) is 0.837. The minimum atomic E-state index is -0.433. The first-order valence-electron chi connectivity index (χ1n) is 9.60. The molecule has 1 atom stereocenters. The highest BCUT2D eigenvalue weighted by molar-refractivity contribution is 5.99. The van der Waals surface area contributed by atoms with Gasteiger partial charge in [-0.05, 0) is 25.1 Å². The van der Waals surface area contributed by atoms with E-state index in [-0.39, 0.29) is 30.8 Å². The van der Waals surface area contributed by atoms with Crippen LogP contribution in [0.1, 0.15) is 30.0 Å². The summed E-state index contributed by atoms with van der Waals surface area (Å²) in [6, 6.07) is 16.9. The van der Waals surface area contributed by atoms with E-state index in [4.69, 9.17) is 13.9 Å². The maximum absolute atomic E-state index is 13.2. The van der Waals surface area contributed by atoms with Crippen LogP contribution in [-0.2, 0) is 16.1 Å². The van der Waals surface area contributed by atoms with Crippen LogP contribution in [0, 0.1) is 5.92 Å². The maximum atomic E-state index is 13.2. The highest BCUT2D eigenvalue weighted by atomic mass is 16.5. The Labute approximate surface area is 170 Å². The number of hydrogen-bond donors (Lipinski definition) is 0. The molecule has 6 nitrogen and oxygen atoms in total. The molecule has 0 saturated carbocycles. The minimum Gasteiger partial charge on any atom is -0.489 e. The fourth-order valence-corrected chi connectivity index (χ4v) is 3.19. The van der Waals surface area contributed by atoms with Gasteiger partial charge in [0.2, 0.25) is 0 Å². The summed E-state index contributed by atoms with van der Waals surface area (Å²) in [5.74, 6) is -0.110. The van der Waals surface area contributed by atoms with Gasteiger partial charge in [-0.2, -0.15) is 0 Å². The van der Waals surface area contributed by atoms with Crippen LogP contribution >= 0.6 is 0 Å². The van der Waals surface area contributed by atoms with Gasteiger partial charge in [-0.15, -0.1) is 0 Å². The Morgan fingerprint density at radius 2 is 1.76 bits per heavy atom. The second-order valence-corrected chi connectivity index (χ2v) is 6.78. The predicted octanol–water partition coefficient (Wildman–Crippen LogP) is 4.28. The lowest BCUT2D eigenvalue weighted by Crippen LogP contribution is -2.37. The molecule has 0 radical (unpaired) electrons. The van der Waals surface area contributed by atoms with E-state index < -0.39 is 5.92 Å². The van der Waals surface area contributed by atoms with Gasteiger partial charge in [0.25, 0.3) is 5.91 Å². The molecule has 29 heavy (non-hydrogen) atoms. The van der Waals surface area contributed by atoms with E-state index in [0.29, 0.717) is 23.4 Å². The molecule has 0 spiro atoms. The zero-order valence-corrected chi connectivity index (χ0v) is 16.9. The monoisotopic (exact) mass is 395 g/mol. The highest BCUT2D eigenvalue weighted by Gasteiger charge is 2.27. The van der Waals surface area contributed by atoms with Gasteiger partial charge in [-0.3, -0.25) is 9.59 Å². The zero-order chi connectivity index (χ0) is 20.8. The summed E-state index contributed by atoms with van der Waals surface area (Å²) in [7, 11) is 1.34. The van der Waals surface area contributed by atoms with Crippen molar-refractivity contribution < 1.29 is 23.5 Å². The molecule has 0 N–H and O–H groups in total. The third-order valence-electron chi connectivity index (χ3n) is 4.79. The van der Waals surface area contributed by atoms with Crippen LogP contribution in [0.5, 0.6) is 5.75 Å². The van der Waals surface area contributed by atoms with Crippen LogP contribution in [0.25, 0.3) is 11.0 Å². The van der Waals surface area contributed by atoms with Gasteiger partial charge in [-0.25, -0.2) is 0 Å². The summed E-state index contributed by atoms with van der Waals surface area (Å²) in [6.45, 7) is 4.49. The molecule has 3 rings (SSSR count). The average molecular weight is 395 g/mol. The average Bonchev–Trinajstić information content (AvgIpc) is 3.14. The predicted molar refractivity (Wildman–Crippen MR) is 110 cm³/mol. The Balaban J connectivity index is 1.90.